The van der Waals surface area contributed by atoms with Crippen LogP contribution in [0.3, 0.4) is 0 Å². The van der Waals surface area contributed by atoms with Crippen molar-refractivity contribution in [2.75, 3.05) is 6.67 Å². The number of rotatable bonds is 5. The maximum absolute atomic E-state index is 15.2. The monoisotopic (exact) mass is 497 g/mol. The summed E-state index contributed by atoms with van der Waals surface area (Å²) in [6.07, 6.45) is -5.70. The first-order valence-corrected chi connectivity index (χ1v) is 10.5. The molecule has 0 aliphatic carbocycles. The van der Waals surface area contributed by atoms with Gasteiger partial charge in [0.1, 0.15) is 12.5 Å². The fourth-order valence-electron chi connectivity index (χ4n) is 5.27. The molecule has 1 N–H and O–H groups in total. The third kappa shape index (κ3) is 4.43. The number of benzene rings is 1. The van der Waals surface area contributed by atoms with Crippen LogP contribution in [0.15, 0.2) is 12.1 Å². The van der Waals surface area contributed by atoms with Crippen LogP contribution in [0.2, 0.25) is 5.02 Å². The first-order valence-electron chi connectivity index (χ1n) is 10.2. The molecular formula is C22H25ClF5NO4-2. The molecule has 0 amide bonds. The van der Waals surface area contributed by atoms with E-state index < -0.39 is 87.4 Å². The van der Waals surface area contributed by atoms with Crippen LogP contribution in [-0.2, 0) is 15.8 Å². The van der Waals surface area contributed by atoms with Gasteiger partial charge in [0, 0.05) is 46.3 Å². The number of carbonyl (C=O) groups excluding carboxylic acids is 2. The third-order valence-electron chi connectivity index (χ3n) is 6.57. The average Bonchev–Trinajstić information content (AvgIpc) is 2.64. The Morgan fingerprint density at radius 3 is 2.09 bits per heavy atom. The maximum Gasteiger partial charge on any atom is 0.418 e. The Morgan fingerprint density at radius 1 is 1.15 bits per heavy atom. The molecule has 5 unspecified atom stereocenters. The Labute approximate surface area is 193 Å². The molecule has 33 heavy (non-hydrogen) atoms. The number of halogens is 6. The van der Waals surface area contributed by atoms with Gasteiger partial charge in [-0.25, -0.2) is 8.78 Å². The average molecular weight is 498 g/mol. The van der Waals surface area contributed by atoms with Crippen LogP contribution in [-0.4, -0.2) is 30.7 Å². The number of hydrogen-bond donors (Lipinski definition) is 1. The molecule has 0 aromatic heterocycles. The molecule has 1 saturated heterocycles. The predicted molar refractivity (Wildman–Crippen MR) is 106 cm³/mol. The predicted octanol–water partition coefficient (Wildman–Crippen LogP) is 2.84. The summed E-state index contributed by atoms with van der Waals surface area (Å²) in [5.41, 5.74) is -8.92. The maximum atomic E-state index is 15.2. The smallest absolute Gasteiger partial charge is 0.418 e. The second-order valence-corrected chi connectivity index (χ2v) is 10.4. The van der Waals surface area contributed by atoms with Crippen LogP contribution in [0, 0.1) is 22.1 Å². The van der Waals surface area contributed by atoms with Gasteiger partial charge in [-0.15, -0.1) is 0 Å². The molecule has 11 heteroatoms. The minimum atomic E-state index is -5.28. The highest BCUT2D eigenvalue weighted by molar-refractivity contribution is 6.31. The van der Waals surface area contributed by atoms with Gasteiger partial charge in [-0.1, -0.05) is 39.3 Å². The quantitative estimate of drug-likeness (QED) is 0.632. The minimum absolute atomic E-state index is 0.424. The van der Waals surface area contributed by atoms with Gasteiger partial charge in [-0.3, -0.25) is 0 Å². The molecule has 1 aliphatic heterocycles. The van der Waals surface area contributed by atoms with Gasteiger partial charge in [0.05, 0.1) is 10.6 Å². The van der Waals surface area contributed by atoms with E-state index in [1.165, 1.54) is 6.92 Å². The van der Waals surface area contributed by atoms with Crippen LogP contribution in [0.4, 0.5) is 22.0 Å². The van der Waals surface area contributed by atoms with E-state index in [1.807, 2.05) is 0 Å². The van der Waals surface area contributed by atoms with Crippen LogP contribution in [0.5, 0.6) is 0 Å². The number of carbonyl (C=O) groups is 2. The highest BCUT2D eigenvalue weighted by Crippen LogP contribution is 2.61. The van der Waals surface area contributed by atoms with Crippen LogP contribution in [0.1, 0.15) is 58.1 Å². The second kappa shape index (κ2) is 8.69. The molecule has 1 fully saturated rings. The molecule has 5 atom stereocenters. The molecule has 5 nitrogen and oxygen atoms in total. The largest absolute Gasteiger partial charge is 0.549 e. The zero-order valence-electron chi connectivity index (χ0n) is 18.7. The highest BCUT2D eigenvalue weighted by atomic mass is 35.5. The van der Waals surface area contributed by atoms with Gasteiger partial charge in [0.2, 0.25) is 0 Å². The number of piperidine rings is 1. The van der Waals surface area contributed by atoms with Crippen molar-refractivity contribution in [1.82, 2.24) is 5.32 Å². The first-order chi connectivity index (χ1) is 14.9. The van der Waals surface area contributed by atoms with E-state index in [9.17, 15) is 37.4 Å². The number of hydrogen-bond acceptors (Lipinski definition) is 5. The molecule has 0 spiro atoms. The Balaban J connectivity index is 3.17. The van der Waals surface area contributed by atoms with Crippen LogP contribution in [0.25, 0.3) is 0 Å². The van der Waals surface area contributed by atoms with Gasteiger partial charge in [0.15, 0.2) is 0 Å². The van der Waals surface area contributed by atoms with Crippen molar-refractivity contribution in [3.63, 3.8) is 0 Å². The number of nitrogens with one attached hydrogen (secondary N) is 1. The molecule has 1 aromatic carbocycles. The molecule has 0 bridgehead atoms. The van der Waals surface area contributed by atoms with Gasteiger partial charge in [-0.05, 0) is 30.9 Å². The minimum Gasteiger partial charge on any atom is -0.549 e. The molecule has 2 rings (SSSR count). The van der Waals surface area contributed by atoms with Crippen molar-refractivity contribution in [1.29, 1.82) is 0 Å². The standard InChI is InChI=1S/C22H27ClF5NO4/c1-10-21(18(32)33,9-19(2,3)4)16(20(5,17(30)31)13(8-24)29-10)14-12(25)7-6-11(23)15(14)22(26,27)28/h6-7,10,13,16,29H,8-9H2,1-5H3,(H,30,31)(H,32,33)/p-2. The Bertz CT molecular complexity index is 948. The van der Waals surface area contributed by atoms with E-state index >= 15 is 4.39 Å². The fraction of sp³-hybridized carbons (Fsp3) is 0.636. The van der Waals surface area contributed by atoms with Gasteiger partial charge in [-0.2, -0.15) is 13.2 Å². The highest BCUT2D eigenvalue weighted by Gasteiger charge is 2.63. The van der Waals surface area contributed by atoms with E-state index in [-0.39, 0.29) is 0 Å². The summed E-state index contributed by atoms with van der Waals surface area (Å²) < 4.78 is 71.6. The molecule has 0 radical (unpaired) electrons. The Kier molecular flexibility index (Phi) is 7.19. The van der Waals surface area contributed by atoms with E-state index in [0.29, 0.717) is 12.1 Å². The van der Waals surface area contributed by atoms with Gasteiger partial charge in [0.25, 0.3) is 0 Å². The lowest BCUT2D eigenvalue weighted by molar-refractivity contribution is -0.337. The lowest BCUT2D eigenvalue weighted by atomic mass is 9.49. The molecule has 1 aromatic rings. The van der Waals surface area contributed by atoms with Crippen molar-refractivity contribution in [3.05, 3.63) is 34.1 Å². The molecule has 0 saturated carbocycles. The normalized spacial score (nSPS) is 30.8. The third-order valence-corrected chi connectivity index (χ3v) is 6.89. The first kappa shape index (κ1) is 27.3. The van der Waals surface area contributed by atoms with E-state index in [1.54, 1.807) is 20.8 Å². The van der Waals surface area contributed by atoms with E-state index in [4.69, 9.17) is 11.6 Å². The molecule has 1 aliphatic rings. The molecular weight excluding hydrogens is 473 g/mol. The molecule has 186 valence electrons. The number of carboxylic acids is 2. The Morgan fingerprint density at radius 2 is 1.70 bits per heavy atom. The van der Waals surface area contributed by atoms with Gasteiger partial charge < -0.3 is 25.1 Å². The number of alkyl halides is 4. The fourth-order valence-corrected chi connectivity index (χ4v) is 5.54. The van der Waals surface area contributed by atoms with Crippen molar-refractivity contribution in [2.45, 2.75) is 65.2 Å². The van der Waals surface area contributed by atoms with Crippen molar-refractivity contribution in [3.8, 4) is 0 Å². The van der Waals surface area contributed by atoms with E-state index in [2.05, 4.69) is 5.32 Å². The SMILES string of the molecule is CC1NC(CF)C(C)(C(=O)[O-])C(c2c(F)ccc(Cl)c2C(F)(F)F)C1(CC(C)(C)C)C(=O)[O-]. The topological polar surface area (TPSA) is 92.3 Å². The van der Waals surface area contributed by atoms with Gasteiger partial charge >= 0.3 is 6.18 Å². The summed E-state index contributed by atoms with van der Waals surface area (Å²) in [6.45, 7) is 5.47. The number of aliphatic carboxylic acids is 2. The van der Waals surface area contributed by atoms with Crippen molar-refractivity contribution >= 4 is 23.5 Å². The summed E-state index contributed by atoms with van der Waals surface area (Å²) in [7, 11) is 0. The number of carboxylic acid groups (broad SMARTS) is 2. The summed E-state index contributed by atoms with van der Waals surface area (Å²) in [5.74, 6) is -7.71. The van der Waals surface area contributed by atoms with Crippen LogP contribution >= 0.6 is 11.6 Å². The summed E-state index contributed by atoms with van der Waals surface area (Å²) in [6, 6.07) is -1.76. The van der Waals surface area contributed by atoms with Crippen molar-refractivity contribution in [2.24, 2.45) is 16.2 Å². The zero-order chi connectivity index (χ0) is 25.7. The lowest BCUT2D eigenvalue weighted by Crippen LogP contribution is -2.74. The summed E-state index contributed by atoms with van der Waals surface area (Å²) in [4.78, 5) is 25.1. The van der Waals surface area contributed by atoms with Crippen molar-refractivity contribution < 1.29 is 41.8 Å². The second-order valence-electron chi connectivity index (χ2n) is 9.98. The Hall–Kier alpha value is -1.94. The van der Waals surface area contributed by atoms with E-state index in [0.717, 1.165) is 6.92 Å². The summed E-state index contributed by atoms with van der Waals surface area (Å²) in [5, 5.41) is 26.7. The molecule has 1 heterocycles. The summed E-state index contributed by atoms with van der Waals surface area (Å²) >= 11 is 5.79. The zero-order valence-corrected chi connectivity index (χ0v) is 19.5. The lowest BCUT2D eigenvalue weighted by Gasteiger charge is -2.62. The van der Waals surface area contributed by atoms with Crippen LogP contribution < -0.4 is 15.5 Å².